The molecule has 0 amide bonds. The number of fused-ring (bicyclic) bond motifs is 2. The molecular formula is C13H11O2. The summed E-state index contributed by atoms with van der Waals surface area (Å²) in [5.74, 6) is 1.97. The van der Waals surface area contributed by atoms with E-state index in [0.29, 0.717) is 12.5 Å². The summed E-state index contributed by atoms with van der Waals surface area (Å²) in [6, 6.07) is 0. The van der Waals surface area contributed by atoms with Gasteiger partial charge in [-0.25, -0.2) is 0 Å². The molecule has 1 heterocycles. The second-order valence-electron chi connectivity index (χ2n) is 3.60. The third kappa shape index (κ3) is 1.52. The Labute approximate surface area is 88.9 Å². The van der Waals surface area contributed by atoms with Gasteiger partial charge in [-0.1, -0.05) is 30.4 Å². The van der Waals surface area contributed by atoms with Crippen LogP contribution in [0.15, 0.2) is 59.6 Å². The first kappa shape index (κ1) is 8.60. The van der Waals surface area contributed by atoms with Crippen LogP contribution in [0, 0.1) is 12.5 Å². The number of hydrogen-bond donors (Lipinski definition) is 0. The van der Waals surface area contributed by atoms with Crippen LogP contribution >= 0.6 is 0 Å². The lowest BCUT2D eigenvalue weighted by atomic mass is 9.92. The molecule has 1 radical (unpaired) electrons. The summed E-state index contributed by atoms with van der Waals surface area (Å²) in [5, 5.41) is 0. The molecule has 1 aliphatic heterocycles. The fourth-order valence-electron chi connectivity index (χ4n) is 1.86. The Hall–Kier alpha value is -1.70. The van der Waals surface area contributed by atoms with E-state index in [1.807, 2.05) is 18.2 Å². The van der Waals surface area contributed by atoms with Crippen LogP contribution in [0.3, 0.4) is 0 Å². The van der Waals surface area contributed by atoms with Gasteiger partial charge in [-0.05, 0) is 17.7 Å². The molecular weight excluding hydrogens is 188 g/mol. The molecule has 0 aromatic heterocycles. The predicted octanol–water partition coefficient (Wildman–Crippen LogP) is 2.64. The fraction of sp³-hybridized carbons (Fsp3) is 0.154. The maximum absolute atomic E-state index is 5.50. The van der Waals surface area contributed by atoms with Gasteiger partial charge in [0.25, 0.3) is 0 Å². The average molecular weight is 199 g/mol. The Morgan fingerprint density at radius 1 is 1.13 bits per heavy atom. The molecule has 0 bridgehead atoms. The number of rotatable bonds is 0. The highest BCUT2D eigenvalue weighted by molar-refractivity contribution is 5.46. The van der Waals surface area contributed by atoms with Crippen molar-refractivity contribution in [3.05, 3.63) is 66.2 Å². The molecule has 3 rings (SSSR count). The zero-order valence-corrected chi connectivity index (χ0v) is 8.22. The highest BCUT2D eigenvalue weighted by Gasteiger charge is 2.23. The molecule has 1 saturated heterocycles. The summed E-state index contributed by atoms with van der Waals surface area (Å²) in [7, 11) is 0. The van der Waals surface area contributed by atoms with Gasteiger partial charge in [-0.15, -0.1) is 0 Å². The van der Waals surface area contributed by atoms with Crippen LogP contribution in [0.1, 0.15) is 0 Å². The summed E-state index contributed by atoms with van der Waals surface area (Å²) in [4.78, 5) is 0. The van der Waals surface area contributed by atoms with Crippen molar-refractivity contribution in [3.8, 4) is 0 Å². The van der Waals surface area contributed by atoms with Crippen molar-refractivity contribution in [3.63, 3.8) is 0 Å². The third-order valence-corrected chi connectivity index (χ3v) is 2.60. The lowest BCUT2D eigenvalue weighted by molar-refractivity contribution is 0.103. The molecule has 0 saturated carbocycles. The summed E-state index contributed by atoms with van der Waals surface area (Å²) in [6.45, 7) is 2.20. The molecule has 15 heavy (non-hydrogen) atoms. The van der Waals surface area contributed by atoms with Crippen LogP contribution in [-0.2, 0) is 9.47 Å². The zero-order chi connectivity index (χ0) is 10.1. The van der Waals surface area contributed by atoms with Gasteiger partial charge in [-0.3, -0.25) is 0 Å². The second-order valence-corrected chi connectivity index (χ2v) is 3.60. The first-order valence-electron chi connectivity index (χ1n) is 5.03. The number of ether oxygens (including phenoxy) is 2. The number of hydrogen-bond acceptors (Lipinski definition) is 2. The molecule has 1 atom stereocenters. The Balaban J connectivity index is 2.01. The molecule has 0 aromatic rings. The molecule has 3 aliphatic rings. The Kier molecular flexibility index (Phi) is 1.98. The smallest absolute Gasteiger partial charge is 0.173 e. The Morgan fingerprint density at radius 2 is 2.13 bits per heavy atom. The molecule has 2 nitrogen and oxygen atoms in total. The normalized spacial score (nSPS) is 27.2. The van der Waals surface area contributed by atoms with Crippen LogP contribution in [-0.4, -0.2) is 6.61 Å². The maximum Gasteiger partial charge on any atom is 0.173 e. The van der Waals surface area contributed by atoms with Gasteiger partial charge in [0.1, 0.15) is 6.61 Å². The van der Waals surface area contributed by atoms with Gasteiger partial charge in [0.05, 0.1) is 0 Å². The van der Waals surface area contributed by atoms with Crippen molar-refractivity contribution >= 4 is 0 Å². The summed E-state index contributed by atoms with van der Waals surface area (Å²) < 4.78 is 10.9. The summed E-state index contributed by atoms with van der Waals surface area (Å²) in [6.07, 6.45) is 14.5. The van der Waals surface area contributed by atoms with Crippen molar-refractivity contribution in [1.82, 2.24) is 0 Å². The first-order chi connectivity index (χ1) is 7.43. The lowest BCUT2D eigenvalue weighted by Gasteiger charge is -2.25. The van der Waals surface area contributed by atoms with E-state index in [2.05, 4.69) is 24.3 Å². The molecule has 0 spiro atoms. The lowest BCUT2D eigenvalue weighted by Crippen LogP contribution is -2.15. The number of allylic oxidation sites excluding steroid dienone is 8. The van der Waals surface area contributed by atoms with E-state index < -0.39 is 0 Å². The van der Waals surface area contributed by atoms with Crippen LogP contribution < -0.4 is 0 Å². The van der Waals surface area contributed by atoms with Crippen LogP contribution in [0.4, 0.5) is 0 Å². The SMILES string of the molecule is [CH]1COC2=CC3C=CC=CC=C3C=C2O1. The van der Waals surface area contributed by atoms with Crippen molar-refractivity contribution in [2.24, 2.45) is 5.92 Å². The molecule has 2 heteroatoms. The highest BCUT2D eigenvalue weighted by atomic mass is 16.6. The standard InChI is InChI=1S/C13H11O2/c1-2-4-10-8-12-13(15-7-6-14-12)9-11(10)5-3-1/h1-6,8-9,11H,7H2. The fourth-order valence-corrected chi connectivity index (χ4v) is 1.86. The van der Waals surface area contributed by atoms with Gasteiger partial charge in [0.15, 0.2) is 18.1 Å². The highest BCUT2D eigenvalue weighted by Crippen LogP contribution is 2.32. The van der Waals surface area contributed by atoms with E-state index >= 15 is 0 Å². The molecule has 1 unspecified atom stereocenters. The van der Waals surface area contributed by atoms with Gasteiger partial charge >= 0.3 is 0 Å². The second kappa shape index (κ2) is 3.46. The Morgan fingerprint density at radius 3 is 3.13 bits per heavy atom. The first-order valence-corrected chi connectivity index (χ1v) is 5.03. The molecule has 2 aliphatic carbocycles. The largest absolute Gasteiger partial charge is 0.486 e. The van der Waals surface area contributed by atoms with Gasteiger partial charge < -0.3 is 9.47 Å². The van der Waals surface area contributed by atoms with E-state index in [4.69, 9.17) is 9.47 Å². The average Bonchev–Trinajstić information content (AvgIpc) is 2.50. The molecule has 0 aromatic carbocycles. The van der Waals surface area contributed by atoms with Crippen LogP contribution in [0.25, 0.3) is 0 Å². The molecule has 75 valence electrons. The van der Waals surface area contributed by atoms with Crippen molar-refractivity contribution in [2.75, 3.05) is 6.61 Å². The monoisotopic (exact) mass is 199 g/mol. The molecule has 0 N–H and O–H groups in total. The molecule has 1 fully saturated rings. The minimum absolute atomic E-state index is 0.306. The van der Waals surface area contributed by atoms with E-state index in [-0.39, 0.29) is 0 Å². The van der Waals surface area contributed by atoms with E-state index in [0.717, 1.165) is 11.5 Å². The van der Waals surface area contributed by atoms with Crippen LogP contribution in [0.5, 0.6) is 0 Å². The third-order valence-electron chi connectivity index (χ3n) is 2.60. The predicted molar refractivity (Wildman–Crippen MR) is 57.4 cm³/mol. The maximum atomic E-state index is 5.50. The zero-order valence-electron chi connectivity index (χ0n) is 8.22. The van der Waals surface area contributed by atoms with Crippen molar-refractivity contribution < 1.29 is 9.47 Å². The minimum atomic E-state index is 0.306. The van der Waals surface area contributed by atoms with E-state index in [9.17, 15) is 0 Å². The topological polar surface area (TPSA) is 18.5 Å². The van der Waals surface area contributed by atoms with E-state index in [1.165, 1.54) is 5.57 Å². The van der Waals surface area contributed by atoms with Crippen molar-refractivity contribution in [2.45, 2.75) is 0 Å². The Bertz CT molecular complexity index is 422. The van der Waals surface area contributed by atoms with Crippen LogP contribution in [0.2, 0.25) is 0 Å². The minimum Gasteiger partial charge on any atom is -0.486 e. The van der Waals surface area contributed by atoms with Gasteiger partial charge in [0, 0.05) is 5.92 Å². The van der Waals surface area contributed by atoms with Crippen molar-refractivity contribution in [1.29, 1.82) is 0 Å². The van der Waals surface area contributed by atoms with E-state index in [1.54, 1.807) is 6.61 Å². The van der Waals surface area contributed by atoms with Gasteiger partial charge in [-0.2, -0.15) is 0 Å². The van der Waals surface area contributed by atoms with Gasteiger partial charge in [0.2, 0.25) is 0 Å². The quantitative estimate of drug-likeness (QED) is 0.597. The summed E-state index contributed by atoms with van der Waals surface area (Å²) in [5.41, 5.74) is 1.23. The summed E-state index contributed by atoms with van der Waals surface area (Å²) >= 11 is 0.